The van der Waals surface area contributed by atoms with Crippen molar-refractivity contribution in [1.82, 2.24) is 0 Å². The van der Waals surface area contributed by atoms with Crippen molar-refractivity contribution in [3.8, 4) is 33.4 Å². The molecule has 6 aromatic rings. The molecular formula is C53H46Cl6Zr. The zero-order valence-electron chi connectivity index (χ0n) is 34.5. The van der Waals surface area contributed by atoms with Gasteiger partial charge in [0.25, 0.3) is 0 Å². The number of rotatable bonds is 4. The SMILES string of the molecule is CC(C)(C)c1cc2c([c-]c1-c1ccccc1)Cc1cc(-c3ccccc3)cc(C(C)(C)C)c1-2.ClC(Cl)(Cl)c1cccc([C](=[Zr+2])c2cccc(C(Cl)(Cl)Cl)c2)c1.[C-]1=CC=CC1. The molecule has 2 aliphatic carbocycles. The van der Waals surface area contributed by atoms with E-state index in [1.165, 1.54) is 79.9 Å². The Morgan fingerprint density at radius 1 is 0.567 bits per heavy atom. The van der Waals surface area contributed by atoms with Gasteiger partial charge in [-0.05, 0) is 39.5 Å². The van der Waals surface area contributed by atoms with E-state index in [9.17, 15) is 0 Å². The second-order valence-corrected chi connectivity index (χ2v) is 22.7. The maximum Gasteiger partial charge on any atom is -0.109 e. The molecule has 6 aromatic carbocycles. The first-order valence-corrected chi connectivity index (χ1v) is 23.3. The van der Waals surface area contributed by atoms with Crippen LogP contribution in [0.3, 0.4) is 0 Å². The fourth-order valence-corrected chi connectivity index (χ4v) is 8.79. The van der Waals surface area contributed by atoms with Crippen molar-refractivity contribution in [2.45, 2.75) is 72.8 Å². The summed E-state index contributed by atoms with van der Waals surface area (Å²) in [5.41, 5.74) is 16.7. The minimum absolute atomic E-state index is 0.0331. The molecule has 0 fully saturated rings. The van der Waals surface area contributed by atoms with Crippen LogP contribution in [0.2, 0.25) is 0 Å². The minimum Gasteiger partial charge on any atom is -0.273 e. The number of alkyl halides is 6. The molecule has 304 valence electrons. The topological polar surface area (TPSA) is 0 Å². The summed E-state index contributed by atoms with van der Waals surface area (Å²) in [6.07, 6.45) is 10.9. The van der Waals surface area contributed by atoms with Crippen molar-refractivity contribution >= 4 is 72.8 Å². The first-order valence-electron chi connectivity index (χ1n) is 19.8. The quantitative estimate of drug-likeness (QED) is 0.122. The van der Waals surface area contributed by atoms with Crippen LogP contribution in [0.4, 0.5) is 0 Å². The van der Waals surface area contributed by atoms with Crippen LogP contribution in [0.1, 0.15) is 92.5 Å². The smallest absolute Gasteiger partial charge is 0.109 e. The van der Waals surface area contributed by atoms with Gasteiger partial charge in [0.05, 0.1) is 0 Å². The van der Waals surface area contributed by atoms with Crippen LogP contribution >= 0.6 is 69.6 Å². The van der Waals surface area contributed by atoms with E-state index in [0.29, 0.717) is 11.1 Å². The minimum atomic E-state index is -1.45. The van der Waals surface area contributed by atoms with Gasteiger partial charge in [-0.25, -0.2) is 12.2 Å². The molecule has 0 N–H and O–H groups in total. The Morgan fingerprint density at radius 2 is 1.10 bits per heavy atom. The number of fused-ring (bicyclic) bond motifs is 3. The van der Waals surface area contributed by atoms with Crippen LogP contribution in [0, 0.1) is 12.1 Å². The number of benzene rings is 6. The van der Waals surface area contributed by atoms with Crippen molar-refractivity contribution in [3.63, 3.8) is 0 Å². The van der Waals surface area contributed by atoms with Crippen LogP contribution < -0.4 is 0 Å². The van der Waals surface area contributed by atoms with Gasteiger partial charge in [-0.3, -0.25) is 6.08 Å². The van der Waals surface area contributed by atoms with E-state index in [1.54, 1.807) is 12.1 Å². The van der Waals surface area contributed by atoms with Crippen LogP contribution in [-0.4, -0.2) is 3.21 Å². The second-order valence-electron chi connectivity index (χ2n) is 17.0. The fraction of sp³-hybridized carbons (Fsp3) is 0.226. The van der Waals surface area contributed by atoms with Crippen molar-refractivity contribution in [1.29, 1.82) is 0 Å². The molecule has 0 amide bonds. The molecule has 0 aromatic heterocycles. The van der Waals surface area contributed by atoms with E-state index in [2.05, 4.69) is 139 Å². The van der Waals surface area contributed by atoms with Gasteiger partial charge in [0.1, 0.15) is 0 Å². The Labute approximate surface area is 401 Å². The molecule has 0 saturated heterocycles. The summed E-state index contributed by atoms with van der Waals surface area (Å²) in [6.45, 7) is 13.9. The van der Waals surface area contributed by atoms with Gasteiger partial charge >= 0.3 is 175 Å². The molecule has 0 unspecified atom stereocenters. The maximum atomic E-state index is 5.94. The van der Waals surface area contributed by atoms with E-state index >= 15 is 0 Å². The molecule has 0 aliphatic heterocycles. The van der Waals surface area contributed by atoms with Gasteiger partial charge in [0.15, 0.2) is 0 Å². The first-order chi connectivity index (χ1) is 28.2. The van der Waals surface area contributed by atoms with Gasteiger partial charge in [-0.15, -0.1) is 35.2 Å². The summed E-state index contributed by atoms with van der Waals surface area (Å²) in [5.74, 6) is 0. The number of halogens is 6. The Balaban J connectivity index is 0.000000192. The van der Waals surface area contributed by atoms with Gasteiger partial charge in [0.2, 0.25) is 0 Å². The van der Waals surface area contributed by atoms with E-state index in [1.807, 2.05) is 48.6 Å². The van der Waals surface area contributed by atoms with Gasteiger partial charge in [0, 0.05) is 0 Å². The van der Waals surface area contributed by atoms with Gasteiger partial charge in [-0.2, -0.15) is 6.08 Å². The number of allylic oxidation sites excluding steroid dienone is 4. The summed E-state index contributed by atoms with van der Waals surface area (Å²) >= 11 is 36.9. The van der Waals surface area contributed by atoms with Crippen LogP contribution in [-0.2, 0) is 49.1 Å². The van der Waals surface area contributed by atoms with E-state index in [0.717, 1.165) is 27.2 Å². The van der Waals surface area contributed by atoms with E-state index in [4.69, 9.17) is 69.6 Å². The molecule has 0 spiro atoms. The largest absolute Gasteiger partial charge is 0.273 e. The molecule has 0 radical (unpaired) electrons. The zero-order chi connectivity index (χ0) is 43.5. The molecule has 2 aliphatic rings. The first kappa shape index (κ1) is 46.8. The third kappa shape index (κ3) is 11.6. The molecular weight excluding hydrogens is 941 g/mol. The van der Waals surface area contributed by atoms with Crippen LogP contribution in [0.5, 0.6) is 0 Å². The van der Waals surface area contributed by atoms with Gasteiger partial charge < -0.3 is 0 Å². The predicted molar refractivity (Wildman–Crippen MR) is 258 cm³/mol. The third-order valence-corrected chi connectivity index (χ3v) is 13.1. The Hall–Kier alpha value is -2.71. The average Bonchev–Trinajstić information content (AvgIpc) is 3.92. The van der Waals surface area contributed by atoms with Crippen molar-refractivity contribution in [3.05, 3.63) is 202 Å². The molecule has 0 heterocycles. The van der Waals surface area contributed by atoms with Crippen molar-refractivity contribution in [2.75, 3.05) is 0 Å². The summed E-state index contributed by atoms with van der Waals surface area (Å²) in [4.78, 5) is 0. The summed E-state index contributed by atoms with van der Waals surface area (Å²) in [6, 6.07) is 47.7. The van der Waals surface area contributed by atoms with Crippen LogP contribution in [0.25, 0.3) is 33.4 Å². The second kappa shape index (κ2) is 19.4. The zero-order valence-corrected chi connectivity index (χ0v) is 41.5. The summed E-state index contributed by atoms with van der Waals surface area (Å²) < 4.78 is -1.82. The van der Waals surface area contributed by atoms with Crippen molar-refractivity contribution in [2.24, 2.45) is 0 Å². The standard InChI is InChI=1S/C33H33.C15H8Cl6.C5H5.Zr/c1-32(2,3)29-21-28-25(19-27(29)23-15-11-8-12-16-23)18-26-17-24(22-13-9-7-10-14-22)20-30(31(26)28)33(4,5)6;16-14(17,18)12-5-1-3-10(8-12)7-11-4-2-6-13(9-11)15(19,20)21;1-2-4-5-3-1;/h7-17,20-21H,18H2,1-6H3;1-6,8-9H;1-3H,4H2;/q-1;;-1;+2. The maximum absolute atomic E-state index is 5.94. The fourth-order valence-electron chi connectivity index (χ4n) is 7.32. The summed E-state index contributed by atoms with van der Waals surface area (Å²) in [7, 11) is 0. The van der Waals surface area contributed by atoms with Gasteiger partial charge in [-0.1, -0.05) is 131 Å². The van der Waals surface area contributed by atoms with E-state index < -0.39 is 7.59 Å². The monoisotopic (exact) mass is 982 g/mol. The molecule has 0 nitrogen and oxygen atoms in total. The van der Waals surface area contributed by atoms with E-state index in [-0.39, 0.29) is 10.8 Å². The number of hydrogen-bond donors (Lipinski definition) is 0. The molecule has 60 heavy (non-hydrogen) atoms. The van der Waals surface area contributed by atoms with Crippen LogP contribution in [0.15, 0.2) is 146 Å². The predicted octanol–water partition coefficient (Wildman–Crippen LogP) is 16.7. The Morgan fingerprint density at radius 3 is 1.55 bits per heavy atom. The molecule has 0 saturated carbocycles. The summed E-state index contributed by atoms with van der Waals surface area (Å²) in [5, 5.41) is 0. The third-order valence-electron chi connectivity index (χ3n) is 10.3. The molecule has 0 bridgehead atoms. The Bertz CT molecular complexity index is 2460. The number of hydrogen-bond acceptors (Lipinski definition) is 0. The normalized spacial score (nSPS) is 13.2. The molecule has 7 heteroatoms. The molecule has 0 atom stereocenters. The Kier molecular flexibility index (Phi) is 15.1. The van der Waals surface area contributed by atoms with Crippen molar-refractivity contribution < 1.29 is 24.2 Å². The molecule has 8 rings (SSSR count). The average molecular weight is 987 g/mol.